The van der Waals surface area contributed by atoms with E-state index in [0.717, 1.165) is 12.8 Å². The van der Waals surface area contributed by atoms with Gasteiger partial charge in [0.15, 0.2) is 0 Å². The Morgan fingerprint density at radius 1 is 1.00 bits per heavy atom. The Balaban J connectivity index is 2.26. The van der Waals surface area contributed by atoms with Crippen LogP contribution in [-0.2, 0) is 6.42 Å². The topological polar surface area (TPSA) is 34.3 Å². The first kappa shape index (κ1) is 10.1. The number of rotatable bonds is 4. The Kier molecular flexibility index (Phi) is 3.33. The summed E-state index contributed by atoms with van der Waals surface area (Å²) in [5.74, 6) is 0. The highest BCUT2D eigenvalue weighted by Crippen LogP contribution is 2.19. The van der Waals surface area contributed by atoms with Crippen LogP contribution in [0.5, 0.6) is 0 Å². The molecule has 0 spiro atoms. The van der Waals surface area contributed by atoms with E-state index in [2.05, 4.69) is 47.9 Å². The highest BCUT2D eigenvalue weighted by molar-refractivity contribution is 5.85. The van der Waals surface area contributed by atoms with Crippen LogP contribution in [0.2, 0.25) is 0 Å². The summed E-state index contributed by atoms with van der Waals surface area (Å²) in [6.45, 7) is 0.517. The SMILES string of the molecule is O[N]CCCc1cccc2ccccc12. The third kappa shape index (κ3) is 2.35. The van der Waals surface area contributed by atoms with Crippen molar-refractivity contribution in [1.29, 1.82) is 0 Å². The van der Waals surface area contributed by atoms with Crippen molar-refractivity contribution in [3.8, 4) is 0 Å². The Bertz CT molecular complexity index is 434. The second kappa shape index (κ2) is 4.91. The second-order valence-corrected chi connectivity index (χ2v) is 3.61. The van der Waals surface area contributed by atoms with Gasteiger partial charge in [-0.2, -0.15) is 0 Å². The first-order chi connectivity index (χ1) is 7.42. The molecule has 0 saturated carbocycles. The molecule has 0 aliphatic heterocycles. The van der Waals surface area contributed by atoms with E-state index in [9.17, 15) is 0 Å². The molecular formula is C13H14NO. The van der Waals surface area contributed by atoms with E-state index in [1.54, 1.807) is 0 Å². The predicted molar refractivity (Wildman–Crippen MR) is 61.1 cm³/mol. The molecule has 77 valence electrons. The molecule has 0 fully saturated rings. The Morgan fingerprint density at radius 3 is 2.67 bits per heavy atom. The summed E-state index contributed by atoms with van der Waals surface area (Å²) in [4.78, 5) is 0. The first-order valence-electron chi connectivity index (χ1n) is 5.19. The molecule has 1 radical (unpaired) electrons. The zero-order valence-electron chi connectivity index (χ0n) is 8.56. The van der Waals surface area contributed by atoms with Crippen molar-refractivity contribution in [2.75, 3.05) is 6.54 Å². The fourth-order valence-corrected chi connectivity index (χ4v) is 1.85. The molecule has 0 amide bonds. The van der Waals surface area contributed by atoms with Gasteiger partial charge in [0.1, 0.15) is 0 Å². The van der Waals surface area contributed by atoms with Crippen molar-refractivity contribution in [2.24, 2.45) is 0 Å². The van der Waals surface area contributed by atoms with E-state index in [1.807, 2.05) is 0 Å². The highest BCUT2D eigenvalue weighted by atomic mass is 16.5. The number of fused-ring (bicyclic) bond motifs is 1. The normalized spacial score (nSPS) is 10.7. The molecule has 1 N–H and O–H groups in total. The number of hydroxylamine groups is 1. The fourth-order valence-electron chi connectivity index (χ4n) is 1.85. The third-order valence-electron chi connectivity index (χ3n) is 2.58. The molecule has 0 aromatic heterocycles. The summed E-state index contributed by atoms with van der Waals surface area (Å²) in [7, 11) is 0. The summed E-state index contributed by atoms with van der Waals surface area (Å²) < 4.78 is 0. The lowest BCUT2D eigenvalue weighted by Crippen LogP contribution is -2.01. The highest BCUT2D eigenvalue weighted by Gasteiger charge is 1.99. The van der Waals surface area contributed by atoms with Gasteiger partial charge in [0, 0.05) is 6.54 Å². The van der Waals surface area contributed by atoms with Crippen LogP contribution in [0, 0.1) is 0 Å². The van der Waals surface area contributed by atoms with Crippen molar-refractivity contribution in [1.82, 2.24) is 5.48 Å². The molecule has 2 aromatic carbocycles. The molecular weight excluding hydrogens is 186 g/mol. The van der Waals surface area contributed by atoms with Crippen molar-refractivity contribution < 1.29 is 5.21 Å². The van der Waals surface area contributed by atoms with Crippen LogP contribution in [-0.4, -0.2) is 11.8 Å². The zero-order valence-corrected chi connectivity index (χ0v) is 8.56. The van der Waals surface area contributed by atoms with E-state index in [4.69, 9.17) is 5.21 Å². The first-order valence-corrected chi connectivity index (χ1v) is 5.19. The van der Waals surface area contributed by atoms with E-state index in [0.29, 0.717) is 6.54 Å². The molecule has 0 saturated heterocycles. The van der Waals surface area contributed by atoms with Crippen molar-refractivity contribution in [3.63, 3.8) is 0 Å². The van der Waals surface area contributed by atoms with Gasteiger partial charge >= 0.3 is 0 Å². The minimum Gasteiger partial charge on any atom is -0.297 e. The Morgan fingerprint density at radius 2 is 1.80 bits per heavy atom. The van der Waals surface area contributed by atoms with E-state index < -0.39 is 0 Å². The largest absolute Gasteiger partial charge is 0.297 e. The molecule has 0 bridgehead atoms. The molecule has 15 heavy (non-hydrogen) atoms. The number of nitrogens with zero attached hydrogens (tertiary/aromatic N) is 1. The number of aryl methyl sites for hydroxylation is 1. The summed E-state index contributed by atoms with van der Waals surface area (Å²) in [5.41, 5.74) is 4.46. The molecule has 2 heteroatoms. The molecule has 0 heterocycles. The van der Waals surface area contributed by atoms with Gasteiger partial charge in [-0.25, -0.2) is 0 Å². The number of hydrogen-bond donors (Lipinski definition) is 1. The molecule has 2 rings (SSSR count). The van der Waals surface area contributed by atoms with Crippen LogP contribution >= 0.6 is 0 Å². The summed E-state index contributed by atoms with van der Waals surface area (Å²) in [5, 5.41) is 11.0. The predicted octanol–water partition coefficient (Wildman–Crippen LogP) is 2.77. The van der Waals surface area contributed by atoms with Gasteiger partial charge in [-0.1, -0.05) is 42.5 Å². The molecule has 0 aliphatic rings. The maximum absolute atomic E-state index is 8.38. The average molecular weight is 200 g/mol. The van der Waals surface area contributed by atoms with Crippen LogP contribution < -0.4 is 5.48 Å². The van der Waals surface area contributed by atoms with Crippen molar-refractivity contribution >= 4 is 10.8 Å². The lowest BCUT2D eigenvalue weighted by atomic mass is 10.0. The summed E-state index contributed by atoms with van der Waals surface area (Å²) in [6, 6.07) is 14.7. The maximum atomic E-state index is 8.38. The van der Waals surface area contributed by atoms with Gasteiger partial charge in [-0.15, -0.1) is 5.48 Å². The zero-order chi connectivity index (χ0) is 10.5. The Hall–Kier alpha value is -1.38. The molecule has 0 atom stereocenters. The molecule has 2 nitrogen and oxygen atoms in total. The van der Waals surface area contributed by atoms with Gasteiger partial charge in [-0.3, -0.25) is 5.21 Å². The van der Waals surface area contributed by atoms with Gasteiger partial charge in [0.2, 0.25) is 0 Å². The minimum atomic E-state index is 0.517. The molecule has 0 aliphatic carbocycles. The van der Waals surface area contributed by atoms with Crippen LogP contribution in [0.4, 0.5) is 0 Å². The second-order valence-electron chi connectivity index (χ2n) is 3.61. The lowest BCUT2D eigenvalue weighted by Gasteiger charge is -2.05. The standard InChI is InChI=1S/C13H14NO/c15-14-10-4-8-12-7-3-6-11-5-1-2-9-13(11)12/h1-3,5-7,9,15H,4,8,10H2. The monoisotopic (exact) mass is 200 g/mol. The number of benzene rings is 2. The van der Waals surface area contributed by atoms with E-state index >= 15 is 0 Å². The van der Waals surface area contributed by atoms with Gasteiger partial charge < -0.3 is 0 Å². The lowest BCUT2D eigenvalue weighted by molar-refractivity contribution is 0.155. The van der Waals surface area contributed by atoms with Crippen LogP contribution in [0.15, 0.2) is 42.5 Å². The van der Waals surface area contributed by atoms with Crippen molar-refractivity contribution in [3.05, 3.63) is 48.0 Å². The van der Waals surface area contributed by atoms with Gasteiger partial charge in [0.25, 0.3) is 0 Å². The van der Waals surface area contributed by atoms with E-state index in [1.165, 1.54) is 16.3 Å². The molecule has 0 unspecified atom stereocenters. The smallest absolute Gasteiger partial charge is 0.0427 e. The average Bonchev–Trinajstić information content (AvgIpc) is 2.30. The fraction of sp³-hybridized carbons (Fsp3) is 0.231. The van der Waals surface area contributed by atoms with Crippen LogP contribution in [0.3, 0.4) is 0 Å². The maximum Gasteiger partial charge on any atom is 0.0427 e. The van der Waals surface area contributed by atoms with Crippen LogP contribution in [0.25, 0.3) is 10.8 Å². The van der Waals surface area contributed by atoms with Gasteiger partial charge in [0.05, 0.1) is 0 Å². The number of hydrogen-bond acceptors (Lipinski definition) is 1. The molecule has 2 aromatic rings. The Labute approximate surface area is 89.5 Å². The van der Waals surface area contributed by atoms with Gasteiger partial charge in [-0.05, 0) is 29.2 Å². The summed E-state index contributed by atoms with van der Waals surface area (Å²) in [6.07, 6.45) is 1.86. The van der Waals surface area contributed by atoms with Crippen molar-refractivity contribution in [2.45, 2.75) is 12.8 Å². The quantitative estimate of drug-likeness (QED) is 0.597. The minimum absolute atomic E-state index is 0.517. The van der Waals surface area contributed by atoms with Crippen LogP contribution in [0.1, 0.15) is 12.0 Å². The third-order valence-corrected chi connectivity index (χ3v) is 2.58. The summed E-state index contributed by atoms with van der Waals surface area (Å²) >= 11 is 0. The van der Waals surface area contributed by atoms with E-state index in [-0.39, 0.29) is 0 Å².